The van der Waals surface area contributed by atoms with Gasteiger partial charge in [-0.1, -0.05) is 105 Å². The van der Waals surface area contributed by atoms with Crippen LogP contribution in [0.1, 0.15) is 63.1 Å². The van der Waals surface area contributed by atoms with Crippen LogP contribution in [0, 0.1) is 0 Å². The summed E-state index contributed by atoms with van der Waals surface area (Å²) in [4.78, 5) is 10.0. The van der Waals surface area contributed by atoms with E-state index < -0.39 is 0 Å². The molecule has 34 heavy (non-hydrogen) atoms. The third kappa shape index (κ3) is 8.03. The van der Waals surface area contributed by atoms with Crippen molar-refractivity contribution >= 4 is 74.5 Å². The standard InChI is InChI=1S/C27H28Cl2N2.2BrH.Ni/c1-17(2)21-13-9-14-22(18(3)4)26(21)30-19(5)25(20-11-7-6-8-12-20)31-27-23(28)15-10-16-24(27)29;;;/h6-18H,1-5H3;2*1H;/q;;;+2/p-2. The first-order valence-corrected chi connectivity index (χ1v) is 16.4. The van der Waals surface area contributed by atoms with Gasteiger partial charge in [-0.15, -0.1) is 0 Å². The molecule has 0 atom stereocenters. The van der Waals surface area contributed by atoms with Crippen molar-refractivity contribution in [1.82, 2.24) is 0 Å². The van der Waals surface area contributed by atoms with Crippen LogP contribution >= 0.6 is 51.7 Å². The van der Waals surface area contributed by atoms with Crippen LogP contribution in [0.25, 0.3) is 0 Å². The molecule has 0 saturated heterocycles. The van der Waals surface area contributed by atoms with E-state index in [1.54, 1.807) is 12.1 Å². The SMILES string of the molecule is CC(=Nc1c(C(C)C)cccc1C(C)C)C(=Nc1c(Cl)cccc1Cl)c1ccccc1.[Br][Ni][Br]. The zero-order valence-corrected chi connectivity index (χ0v) is 25.4. The Morgan fingerprint density at radius 2 is 1.18 bits per heavy atom. The third-order valence-corrected chi connectivity index (χ3v) is 5.78. The third-order valence-electron chi connectivity index (χ3n) is 5.17. The molecule has 0 aliphatic rings. The van der Waals surface area contributed by atoms with Crippen LogP contribution in [0.2, 0.25) is 10.0 Å². The summed E-state index contributed by atoms with van der Waals surface area (Å²) in [6.45, 7) is 10.8. The molecule has 0 radical (unpaired) electrons. The zero-order valence-electron chi connectivity index (χ0n) is 19.7. The topological polar surface area (TPSA) is 24.7 Å². The molecule has 0 heterocycles. The van der Waals surface area contributed by atoms with Gasteiger partial charge in [0.2, 0.25) is 0 Å². The van der Waals surface area contributed by atoms with Crippen molar-refractivity contribution < 1.29 is 10.9 Å². The predicted molar refractivity (Wildman–Crippen MR) is 154 cm³/mol. The van der Waals surface area contributed by atoms with Crippen LogP contribution in [-0.2, 0) is 10.9 Å². The van der Waals surface area contributed by atoms with Crippen LogP contribution < -0.4 is 0 Å². The van der Waals surface area contributed by atoms with Crippen LogP contribution in [0.5, 0.6) is 0 Å². The van der Waals surface area contributed by atoms with Gasteiger partial charge in [-0.2, -0.15) is 0 Å². The van der Waals surface area contributed by atoms with E-state index in [1.165, 1.54) is 22.0 Å². The summed E-state index contributed by atoms with van der Waals surface area (Å²) < 4.78 is 0. The van der Waals surface area contributed by atoms with Crippen molar-refractivity contribution in [2.75, 3.05) is 0 Å². The first-order valence-electron chi connectivity index (χ1n) is 10.8. The summed E-state index contributed by atoms with van der Waals surface area (Å²) in [6.07, 6.45) is 0. The van der Waals surface area contributed by atoms with Gasteiger partial charge in [0.15, 0.2) is 0 Å². The molecular weight excluding hydrogens is 642 g/mol. The van der Waals surface area contributed by atoms with E-state index in [0.717, 1.165) is 22.7 Å². The molecule has 0 unspecified atom stereocenters. The molecule has 0 amide bonds. The van der Waals surface area contributed by atoms with Crippen molar-refractivity contribution in [3.8, 4) is 0 Å². The summed E-state index contributed by atoms with van der Waals surface area (Å²) in [6, 6.07) is 21.9. The maximum atomic E-state index is 6.43. The number of rotatable bonds is 6. The van der Waals surface area contributed by atoms with Gasteiger partial charge in [0.25, 0.3) is 0 Å². The van der Waals surface area contributed by atoms with E-state index in [0.29, 0.717) is 27.6 Å². The fourth-order valence-electron chi connectivity index (χ4n) is 3.52. The fourth-order valence-corrected chi connectivity index (χ4v) is 4.00. The van der Waals surface area contributed by atoms with Crippen molar-refractivity contribution in [3.63, 3.8) is 0 Å². The summed E-state index contributed by atoms with van der Waals surface area (Å²) in [7, 11) is 1.25. The summed E-state index contributed by atoms with van der Waals surface area (Å²) >= 11 is 18.9. The number of halogens is 4. The molecule has 0 bridgehead atoms. The molecule has 3 aromatic rings. The van der Waals surface area contributed by atoms with Crippen LogP contribution in [0.4, 0.5) is 11.4 Å². The minimum atomic E-state index is 0.361. The van der Waals surface area contributed by atoms with Crippen molar-refractivity contribution in [2.45, 2.75) is 46.5 Å². The molecule has 0 fully saturated rings. The van der Waals surface area contributed by atoms with Crippen LogP contribution in [0.3, 0.4) is 0 Å². The average Bonchev–Trinajstić information content (AvgIpc) is 2.79. The van der Waals surface area contributed by atoms with E-state index in [1.807, 2.05) is 43.3 Å². The van der Waals surface area contributed by atoms with Gasteiger partial charge in [-0.05, 0) is 42.0 Å². The molecule has 2 nitrogen and oxygen atoms in total. The molecule has 0 saturated carbocycles. The Morgan fingerprint density at radius 1 is 0.706 bits per heavy atom. The Bertz CT molecular complexity index is 1100. The number of hydrogen-bond acceptors (Lipinski definition) is 2. The Hall–Kier alpha value is -0.966. The number of nitrogens with zero attached hydrogens (tertiary/aromatic N) is 2. The molecule has 0 aliphatic carbocycles. The van der Waals surface area contributed by atoms with E-state index in [4.69, 9.17) is 33.2 Å². The number of para-hydroxylation sites is 2. The normalized spacial score (nSPS) is 12.2. The van der Waals surface area contributed by atoms with Gasteiger partial charge in [-0.25, -0.2) is 4.99 Å². The van der Waals surface area contributed by atoms with Gasteiger partial charge in [0.1, 0.15) is 5.69 Å². The first kappa shape index (κ1) is 29.3. The van der Waals surface area contributed by atoms with Crippen molar-refractivity contribution in [1.29, 1.82) is 0 Å². The Kier molecular flexibility index (Phi) is 12.5. The Balaban J connectivity index is 0.00000129. The predicted octanol–water partition coefficient (Wildman–Crippen LogP) is 10.8. The van der Waals surface area contributed by atoms with E-state index in [-0.39, 0.29) is 0 Å². The summed E-state index contributed by atoms with van der Waals surface area (Å²) in [5.41, 5.74) is 6.58. The summed E-state index contributed by atoms with van der Waals surface area (Å²) in [5, 5.41) is 1.03. The second-order valence-electron chi connectivity index (χ2n) is 8.23. The van der Waals surface area contributed by atoms with Crippen LogP contribution in [-0.4, -0.2) is 11.4 Å². The molecule has 0 N–H and O–H groups in total. The summed E-state index contributed by atoms with van der Waals surface area (Å²) in [5.74, 6) is 0.723. The molecule has 0 aromatic heterocycles. The minimum absolute atomic E-state index is 0.361. The van der Waals surface area contributed by atoms with Crippen LogP contribution in [0.15, 0.2) is 76.7 Å². The van der Waals surface area contributed by atoms with E-state index in [9.17, 15) is 0 Å². The molecule has 3 aromatic carbocycles. The van der Waals surface area contributed by atoms with Gasteiger partial charge < -0.3 is 0 Å². The average molecular weight is 670 g/mol. The van der Waals surface area contributed by atoms with Crippen molar-refractivity contribution in [2.24, 2.45) is 9.98 Å². The van der Waals surface area contributed by atoms with E-state index in [2.05, 4.69) is 74.3 Å². The molecule has 7 heteroatoms. The zero-order chi connectivity index (χ0) is 25.3. The number of hydrogen-bond donors (Lipinski definition) is 0. The molecular formula is C27H28Br2Cl2N2Ni. The van der Waals surface area contributed by atoms with Gasteiger partial charge in [0, 0.05) is 5.56 Å². The second kappa shape index (κ2) is 14.6. The quantitative estimate of drug-likeness (QED) is 0.184. The Morgan fingerprint density at radius 3 is 1.65 bits per heavy atom. The number of aliphatic imine (C=N–C) groups is 2. The molecule has 0 spiro atoms. The maximum absolute atomic E-state index is 6.43. The van der Waals surface area contributed by atoms with Gasteiger partial charge in [-0.3, -0.25) is 4.99 Å². The fraction of sp³-hybridized carbons (Fsp3) is 0.259. The second-order valence-corrected chi connectivity index (χ2v) is 14.0. The van der Waals surface area contributed by atoms with Gasteiger partial charge >= 0.3 is 39.3 Å². The number of benzene rings is 3. The van der Waals surface area contributed by atoms with Gasteiger partial charge in [0.05, 0.1) is 27.2 Å². The molecule has 3 rings (SSSR count). The molecule has 0 aliphatic heterocycles. The first-order chi connectivity index (χ1) is 16.2. The van der Waals surface area contributed by atoms with E-state index >= 15 is 0 Å². The van der Waals surface area contributed by atoms with Crippen molar-refractivity contribution in [3.05, 3.63) is 93.5 Å². The molecule has 184 valence electrons. The Labute approximate surface area is 233 Å². The monoisotopic (exact) mass is 666 g/mol.